The molecule has 0 radical (unpaired) electrons. The van der Waals surface area contributed by atoms with Crippen molar-refractivity contribution in [3.8, 4) is 0 Å². The molecule has 3 heteroatoms. The van der Waals surface area contributed by atoms with Crippen molar-refractivity contribution in [1.29, 1.82) is 0 Å². The molecule has 2 aromatic rings. The van der Waals surface area contributed by atoms with Crippen LogP contribution >= 0.6 is 0 Å². The van der Waals surface area contributed by atoms with Crippen molar-refractivity contribution >= 4 is 5.91 Å². The third-order valence-electron chi connectivity index (χ3n) is 7.34. The molecule has 1 unspecified atom stereocenters. The number of hydrogen-bond donors (Lipinski definition) is 1. The fraction of sp³-hybridized carbons (Fsp3) is 0.500. The molecule has 0 aromatic heterocycles. The SMILES string of the molecule is CC(=O)NCC(C[C@@H]1CC2CCCN(C)[C@H]2C1)(c1ccccc1)c1ccccc1. The summed E-state index contributed by atoms with van der Waals surface area (Å²) in [7, 11) is 2.30. The van der Waals surface area contributed by atoms with E-state index in [-0.39, 0.29) is 11.3 Å². The number of hydrogen-bond acceptors (Lipinski definition) is 2. The largest absolute Gasteiger partial charge is 0.355 e. The highest BCUT2D eigenvalue weighted by Crippen LogP contribution is 2.47. The van der Waals surface area contributed by atoms with Gasteiger partial charge in [0.1, 0.15) is 0 Å². The second-order valence-electron chi connectivity index (χ2n) is 9.22. The third-order valence-corrected chi connectivity index (χ3v) is 7.34. The number of carbonyl (C=O) groups excluding carboxylic acids is 1. The Bertz CT molecular complexity index is 764. The summed E-state index contributed by atoms with van der Waals surface area (Å²) >= 11 is 0. The number of benzene rings is 2. The van der Waals surface area contributed by atoms with Crippen molar-refractivity contribution in [2.45, 2.75) is 50.5 Å². The summed E-state index contributed by atoms with van der Waals surface area (Å²) in [6.07, 6.45) is 6.39. The van der Waals surface area contributed by atoms with Gasteiger partial charge in [-0.2, -0.15) is 0 Å². The molecule has 1 amide bonds. The van der Waals surface area contributed by atoms with Crippen molar-refractivity contribution < 1.29 is 4.79 Å². The molecule has 1 saturated carbocycles. The normalized spacial score (nSPS) is 24.8. The molecule has 0 bridgehead atoms. The van der Waals surface area contributed by atoms with E-state index in [1.54, 1.807) is 6.92 Å². The molecule has 29 heavy (non-hydrogen) atoms. The van der Waals surface area contributed by atoms with Gasteiger partial charge in [-0.3, -0.25) is 4.79 Å². The van der Waals surface area contributed by atoms with Crippen molar-refractivity contribution in [2.75, 3.05) is 20.1 Å². The Labute approximate surface area is 175 Å². The molecule has 1 aliphatic carbocycles. The van der Waals surface area contributed by atoms with E-state index in [1.807, 2.05) is 0 Å². The molecule has 2 fully saturated rings. The van der Waals surface area contributed by atoms with Crippen LogP contribution in [0.3, 0.4) is 0 Å². The minimum atomic E-state index is -0.190. The first-order valence-electron chi connectivity index (χ1n) is 11.1. The van der Waals surface area contributed by atoms with Crippen LogP contribution in [0.5, 0.6) is 0 Å². The van der Waals surface area contributed by atoms with Crippen molar-refractivity contribution in [3.63, 3.8) is 0 Å². The Morgan fingerprint density at radius 3 is 2.21 bits per heavy atom. The summed E-state index contributed by atoms with van der Waals surface area (Å²) in [5.74, 6) is 1.56. The second kappa shape index (κ2) is 8.71. The van der Waals surface area contributed by atoms with E-state index in [9.17, 15) is 4.79 Å². The zero-order valence-electron chi connectivity index (χ0n) is 17.8. The fourth-order valence-electron chi connectivity index (χ4n) is 5.96. The van der Waals surface area contributed by atoms with Crippen LogP contribution in [0.4, 0.5) is 0 Å². The third kappa shape index (κ3) is 4.25. The fourth-order valence-corrected chi connectivity index (χ4v) is 5.96. The number of fused-ring (bicyclic) bond motifs is 1. The average molecular weight is 391 g/mol. The summed E-state index contributed by atoms with van der Waals surface area (Å²) in [6.45, 7) is 3.51. The van der Waals surface area contributed by atoms with E-state index in [2.05, 4.69) is 77.9 Å². The van der Waals surface area contributed by atoms with E-state index in [0.29, 0.717) is 12.5 Å². The highest BCUT2D eigenvalue weighted by molar-refractivity contribution is 5.73. The van der Waals surface area contributed by atoms with Gasteiger partial charge < -0.3 is 10.2 Å². The maximum absolute atomic E-state index is 11.9. The molecular formula is C26H34N2O. The van der Waals surface area contributed by atoms with Gasteiger partial charge in [-0.05, 0) is 68.7 Å². The monoisotopic (exact) mass is 390 g/mol. The average Bonchev–Trinajstić information content (AvgIpc) is 3.16. The standard InChI is InChI=1S/C26H34N2O/c1-20(29)27-19-26(23-11-5-3-6-12-23,24-13-7-4-8-14-24)18-21-16-22-10-9-15-28(2)25(22)17-21/h3-8,11-14,21-22,25H,9-10,15-19H2,1-2H3,(H,27,29)/t21-,22?,25+/m1/s1. The molecule has 2 aliphatic rings. The number of rotatable bonds is 6. The van der Waals surface area contributed by atoms with E-state index >= 15 is 0 Å². The Balaban J connectivity index is 1.70. The quantitative estimate of drug-likeness (QED) is 0.781. The first-order valence-corrected chi connectivity index (χ1v) is 11.1. The van der Waals surface area contributed by atoms with Crippen LogP contribution in [-0.2, 0) is 10.2 Å². The van der Waals surface area contributed by atoms with Crippen LogP contribution < -0.4 is 5.32 Å². The van der Waals surface area contributed by atoms with E-state index < -0.39 is 0 Å². The molecule has 2 aromatic carbocycles. The Kier molecular flexibility index (Phi) is 6.05. The first-order chi connectivity index (χ1) is 14.1. The van der Waals surface area contributed by atoms with Gasteiger partial charge in [-0.1, -0.05) is 60.7 Å². The maximum atomic E-state index is 11.9. The second-order valence-corrected chi connectivity index (χ2v) is 9.22. The van der Waals surface area contributed by atoms with Crippen LogP contribution in [-0.4, -0.2) is 37.0 Å². The van der Waals surface area contributed by atoms with Crippen LogP contribution in [0.25, 0.3) is 0 Å². The molecule has 1 heterocycles. The van der Waals surface area contributed by atoms with E-state index in [4.69, 9.17) is 0 Å². The molecule has 3 atom stereocenters. The molecule has 4 rings (SSSR count). The lowest BCUT2D eigenvalue weighted by molar-refractivity contribution is -0.119. The number of likely N-dealkylation sites (tertiary alicyclic amines) is 1. The predicted octanol–water partition coefficient (Wildman–Crippen LogP) is 4.62. The maximum Gasteiger partial charge on any atom is 0.216 e. The zero-order chi connectivity index (χ0) is 20.3. The number of carbonyl (C=O) groups is 1. The van der Waals surface area contributed by atoms with Crippen LogP contribution in [0.2, 0.25) is 0 Å². The Morgan fingerprint density at radius 2 is 1.66 bits per heavy atom. The smallest absolute Gasteiger partial charge is 0.216 e. The number of nitrogens with zero attached hydrogens (tertiary/aromatic N) is 1. The van der Waals surface area contributed by atoms with Crippen LogP contribution in [0, 0.1) is 11.8 Å². The Hall–Kier alpha value is -2.13. The number of amides is 1. The topological polar surface area (TPSA) is 32.3 Å². The van der Waals surface area contributed by atoms with E-state index in [0.717, 1.165) is 18.4 Å². The van der Waals surface area contributed by atoms with Crippen molar-refractivity contribution in [3.05, 3.63) is 71.8 Å². The van der Waals surface area contributed by atoms with Gasteiger partial charge in [-0.25, -0.2) is 0 Å². The van der Waals surface area contributed by atoms with Gasteiger partial charge in [-0.15, -0.1) is 0 Å². The lowest BCUT2D eigenvalue weighted by atomic mass is 9.68. The van der Waals surface area contributed by atoms with Crippen molar-refractivity contribution in [2.24, 2.45) is 11.8 Å². The zero-order valence-corrected chi connectivity index (χ0v) is 17.8. The molecule has 1 N–H and O–H groups in total. The van der Waals surface area contributed by atoms with Crippen LogP contribution in [0.15, 0.2) is 60.7 Å². The van der Waals surface area contributed by atoms with Gasteiger partial charge in [0.15, 0.2) is 0 Å². The van der Waals surface area contributed by atoms with E-state index in [1.165, 1.54) is 43.4 Å². The lowest BCUT2D eigenvalue weighted by Crippen LogP contribution is -2.42. The van der Waals surface area contributed by atoms with Gasteiger partial charge in [0, 0.05) is 24.9 Å². The molecule has 1 aliphatic heterocycles. The summed E-state index contributed by atoms with van der Waals surface area (Å²) in [5.41, 5.74) is 2.43. The molecule has 1 saturated heterocycles. The summed E-state index contributed by atoms with van der Waals surface area (Å²) in [4.78, 5) is 14.5. The molecule has 3 nitrogen and oxygen atoms in total. The first kappa shape index (κ1) is 20.2. The van der Waals surface area contributed by atoms with Crippen molar-refractivity contribution in [1.82, 2.24) is 10.2 Å². The van der Waals surface area contributed by atoms with Gasteiger partial charge in [0.2, 0.25) is 5.91 Å². The van der Waals surface area contributed by atoms with Gasteiger partial charge >= 0.3 is 0 Å². The molecule has 0 spiro atoms. The number of nitrogens with one attached hydrogen (secondary N) is 1. The molecule has 154 valence electrons. The molecular weight excluding hydrogens is 356 g/mol. The number of piperidine rings is 1. The Morgan fingerprint density at radius 1 is 1.03 bits per heavy atom. The van der Waals surface area contributed by atoms with Crippen LogP contribution in [0.1, 0.15) is 50.2 Å². The highest BCUT2D eigenvalue weighted by Gasteiger charge is 2.43. The van der Waals surface area contributed by atoms with Gasteiger partial charge in [0.25, 0.3) is 0 Å². The lowest BCUT2D eigenvalue weighted by Gasteiger charge is -2.38. The van der Waals surface area contributed by atoms with Gasteiger partial charge in [0.05, 0.1) is 0 Å². The summed E-state index contributed by atoms with van der Waals surface area (Å²) in [5, 5.41) is 3.18. The minimum absolute atomic E-state index is 0.0426. The summed E-state index contributed by atoms with van der Waals surface area (Å²) < 4.78 is 0. The minimum Gasteiger partial charge on any atom is -0.355 e. The highest BCUT2D eigenvalue weighted by atomic mass is 16.1. The predicted molar refractivity (Wildman–Crippen MR) is 119 cm³/mol. The summed E-state index contributed by atoms with van der Waals surface area (Å²) in [6, 6.07) is 22.4.